The zero-order valence-corrected chi connectivity index (χ0v) is 13.5. The number of halogens is 1. The number of benzene rings is 1. The van der Waals surface area contributed by atoms with Crippen LogP contribution >= 0.6 is 0 Å². The van der Waals surface area contributed by atoms with E-state index in [0.29, 0.717) is 24.3 Å². The van der Waals surface area contributed by atoms with Crippen molar-refractivity contribution in [2.45, 2.75) is 19.4 Å². The summed E-state index contributed by atoms with van der Waals surface area (Å²) in [5, 5.41) is 9.73. The molecule has 0 atom stereocenters. The Hall–Kier alpha value is -2.41. The Morgan fingerprint density at radius 3 is 2.83 bits per heavy atom. The Morgan fingerprint density at radius 1 is 1.25 bits per heavy atom. The summed E-state index contributed by atoms with van der Waals surface area (Å²) in [6.07, 6.45) is 5.73. The van der Waals surface area contributed by atoms with Crippen LogP contribution in [0.3, 0.4) is 0 Å². The third-order valence-electron chi connectivity index (χ3n) is 4.09. The van der Waals surface area contributed by atoms with Gasteiger partial charge in [-0.3, -0.25) is 4.68 Å². The number of anilines is 1. The van der Waals surface area contributed by atoms with Gasteiger partial charge in [0.05, 0.1) is 18.4 Å². The standard InChI is InChI=1S/C17H22FN5O/c18-16-6-2-1-5-14(16)12-23-13-15(11-20-23)21-17(24)19-7-10-22-8-3-4-9-22/h1-2,5-6,11,13H,3-4,7-10,12H2,(H2,19,21,24). The summed E-state index contributed by atoms with van der Waals surface area (Å²) in [5.74, 6) is -0.262. The first-order chi connectivity index (χ1) is 11.7. The van der Waals surface area contributed by atoms with Gasteiger partial charge in [0, 0.05) is 24.8 Å². The number of hydrogen-bond donors (Lipinski definition) is 2. The average molecular weight is 331 g/mol. The number of urea groups is 1. The maximum atomic E-state index is 13.6. The SMILES string of the molecule is O=C(NCCN1CCCC1)Nc1cnn(Cc2ccccc2F)c1. The van der Waals surface area contributed by atoms with E-state index in [2.05, 4.69) is 20.6 Å². The second kappa shape index (κ2) is 7.92. The summed E-state index contributed by atoms with van der Waals surface area (Å²) in [7, 11) is 0. The van der Waals surface area contributed by atoms with Gasteiger partial charge in [-0.15, -0.1) is 0 Å². The van der Waals surface area contributed by atoms with E-state index in [1.807, 2.05) is 0 Å². The van der Waals surface area contributed by atoms with E-state index in [0.717, 1.165) is 19.6 Å². The molecule has 24 heavy (non-hydrogen) atoms. The van der Waals surface area contributed by atoms with Crippen molar-refractivity contribution in [3.8, 4) is 0 Å². The van der Waals surface area contributed by atoms with Gasteiger partial charge in [0.15, 0.2) is 0 Å². The Balaban J connectivity index is 1.45. The van der Waals surface area contributed by atoms with Crippen LogP contribution in [0.4, 0.5) is 14.9 Å². The van der Waals surface area contributed by atoms with Crippen molar-refractivity contribution in [3.63, 3.8) is 0 Å². The normalized spacial score (nSPS) is 14.7. The third-order valence-corrected chi connectivity index (χ3v) is 4.09. The van der Waals surface area contributed by atoms with E-state index in [1.54, 1.807) is 35.3 Å². The van der Waals surface area contributed by atoms with Crippen LogP contribution in [0.1, 0.15) is 18.4 Å². The van der Waals surface area contributed by atoms with Gasteiger partial charge in [-0.1, -0.05) is 18.2 Å². The summed E-state index contributed by atoms with van der Waals surface area (Å²) in [6, 6.07) is 6.33. The molecule has 0 saturated carbocycles. The number of carbonyl (C=O) groups is 1. The van der Waals surface area contributed by atoms with E-state index < -0.39 is 0 Å². The molecule has 0 radical (unpaired) electrons. The fourth-order valence-corrected chi connectivity index (χ4v) is 2.82. The summed E-state index contributed by atoms with van der Waals surface area (Å²) in [6.45, 7) is 4.05. The zero-order chi connectivity index (χ0) is 16.8. The lowest BCUT2D eigenvalue weighted by molar-refractivity contribution is 0.249. The molecule has 1 aromatic heterocycles. The molecule has 3 rings (SSSR count). The minimum Gasteiger partial charge on any atom is -0.337 e. The van der Waals surface area contributed by atoms with Crippen molar-refractivity contribution < 1.29 is 9.18 Å². The van der Waals surface area contributed by atoms with Crippen molar-refractivity contribution >= 4 is 11.7 Å². The van der Waals surface area contributed by atoms with E-state index >= 15 is 0 Å². The van der Waals surface area contributed by atoms with Crippen LogP contribution in [0, 0.1) is 5.82 Å². The highest BCUT2D eigenvalue weighted by Gasteiger charge is 2.11. The Labute approximate surface area is 140 Å². The van der Waals surface area contributed by atoms with Gasteiger partial charge in [-0.05, 0) is 32.0 Å². The number of hydrogen-bond acceptors (Lipinski definition) is 3. The highest BCUT2D eigenvalue weighted by molar-refractivity contribution is 5.88. The minimum atomic E-state index is -0.262. The lowest BCUT2D eigenvalue weighted by Crippen LogP contribution is -2.35. The predicted molar refractivity (Wildman–Crippen MR) is 90.4 cm³/mol. The molecular formula is C17H22FN5O. The number of nitrogens with zero attached hydrogens (tertiary/aromatic N) is 3. The second-order valence-electron chi connectivity index (χ2n) is 5.95. The summed E-state index contributed by atoms with van der Waals surface area (Å²) >= 11 is 0. The molecule has 1 aliphatic rings. The highest BCUT2D eigenvalue weighted by atomic mass is 19.1. The molecule has 1 saturated heterocycles. The molecule has 2 aromatic rings. The fraction of sp³-hybridized carbons (Fsp3) is 0.412. The van der Waals surface area contributed by atoms with E-state index in [1.165, 1.54) is 18.9 Å². The number of aromatic nitrogens is 2. The first kappa shape index (κ1) is 16.4. The van der Waals surface area contributed by atoms with Crippen LogP contribution in [0.25, 0.3) is 0 Å². The summed E-state index contributed by atoms with van der Waals surface area (Å²) in [5.41, 5.74) is 1.15. The Kier molecular flexibility index (Phi) is 5.43. The van der Waals surface area contributed by atoms with Crippen molar-refractivity contribution in [1.29, 1.82) is 0 Å². The lowest BCUT2D eigenvalue weighted by Gasteiger charge is -2.14. The average Bonchev–Trinajstić information content (AvgIpc) is 3.22. The topological polar surface area (TPSA) is 62.2 Å². The second-order valence-corrected chi connectivity index (χ2v) is 5.95. The van der Waals surface area contributed by atoms with Crippen molar-refractivity contribution in [2.24, 2.45) is 0 Å². The molecule has 2 N–H and O–H groups in total. The molecule has 0 bridgehead atoms. The molecule has 7 heteroatoms. The van der Waals surface area contributed by atoms with Crippen molar-refractivity contribution in [1.82, 2.24) is 20.0 Å². The monoisotopic (exact) mass is 331 g/mol. The maximum Gasteiger partial charge on any atom is 0.319 e. The zero-order valence-electron chi connectivity index (χ0n) is 13.5. The third kappa shape index (κ3) is 4.55. The van der Waals surface area contributed by atoms with E-state index in [4.69, 9.17) is 0 Å². The van der Waals surface area contributed by atoms with Crippen LogP contribution in [-0.4, -0.2) is 46.9 Å². The number of amides is 2. The largest absolute Gasteiger partial charge is 0.337 e. The predicted octanol–water partition coefficient (Wildman–Crippen LogP) is 2.29. The number of rotatable bonds is 6. The van der Waals surface area contributed by atoms with Crippen molar-refractivity contribution in [3.05, 3.63) is 48.0 Å². The van der Waals surface area contributed by atoms with Crippen LogP contribution in [0.15, 0.2) is 36.7 Å². The Bertz CT molecular complexity index is 681. The number of carbonyl (C=O) groups excluding carboxylic acids is 1. The molecule has 2 heterocycles. The quantitative estimate of drug-likeness (QED) is 0.854. The molecule has 1 aliphatic heterocycles. The molecule has 6 nitrogen and oxygen atoms in total. The maximum absolute atomic E-state index is 13.6. The van der Waals surface area contributed by atoms with E-state index in [-0.39, 0.29) is 11.8 Å². The van der Waals surface area contributed by atoms with Gasteiger partial charge in [-0.2, -0.15) is 5.10 Å². The van der Waals surface area contributed by atoms with Gasteiger partial charge < -0.3 is 15.5 Å². The highest BCUT2D eigenvalue weighted by Crippen LogP contribution is 2.11. The van der Waals surface area contributed by atoms with Crippen LogP contribution in [0.2, 0.25) is 0 Å². The molecule has 0 spiro atoms. The molecule has 2 amide bonds. The summed E-state index contributed by atoms with van der Waals surface area (Å²) < 4.78 is 15.2. The van der Waals surface area contributed by atoms with Gasteiger partial charge >= 0.3 is 6.03 Å². The molecule has 0 unspecified atom stereocenters. The van der Waals surface area contributed by atoms with Crippen molar-refractivity contribution in [2.75, 3.05) is 31.5 Å². The van der Waals surface area contributed by atoms with Crippen LogP contribution < -0.4 is 10.6 Å². The van der Waals surface area contributed by atoms with Gasteiger partial charge in [0.1, 0.15) is 5.82 Å². The lowest BCUT2D eigenvalue weighted by atomic mass is 10.2. The summed E-state index contributed by atoms with van der Waals surface area (Å²) in [4.78, 5) is 14.2. The smallest absolute Gasteiger partial charge is 0.319 e. The van der Waals surface area contributed by atoms with Crippen LogP contribution in [-0.2, 0) is 6.54 Å². The van der Waals surface area contributed by atoms with E-state index in [9.17, 15) is 9.18 Å². The number of likely N-dealkylation sites (tertiary alicyclic amines) is 1. The fourth-order valence-electron chi connectivity index (χ4n) is 2.82. The first-order valence-electron chi connectivity index (χ1n) is 8.24. The first-order valence-corrected chi connectivity index (χ1v) is 8.24. The minimum absolute atomic E-state index is 0.250. The Morgan fingerprint density at radius 2 is 2.04 bits per heavy atom. The van der Waals surface area contributed by atoms with Gasteiger partial charge in [0.2, 0.25) is 0 Å². The van der Waals surface area contributed by atoms with Gasteiger partial charge in [-0.25, -0.2) is 9.18 Å². The number of nitrogens with one attached hydrogen (secondary N) is 2. The molecular weight excluding hydrogens is 309 g/mol. The van der Waals surface area contributed by atoms with Gasteiger partial charge in [0.25, 0.3) is 0 Å². The molecule has 128 valence electrons. The van der Waals surface area contributed by atoms with Crippen LogP contribution in [0.5, 0.6) is 0 Å². The molecule has 0 aliphatic carbocycles. The molecule has 1 aromatic carbocycles. The molecule has 1 fully saturated rings.